The van der Waals surface area contributed by atoms with E-state index in [0.717, 1.165) is 44.9 Å². The number of hydrogen-bond donors (Lipinski definition) is 2. The van der Waals surface area contributed by atoms with Gasteiger partial charge in [0.2, 0.25) is 0 Å². The van der Waals surface area contributed by atoms with Gasteiger partial charge in [0.15, 0.2) is 6.10 Å². The van der Waals surface area contributed by atoms with Crippen molar-refractivity contribution in [3.05, 3.63) is 24.3 Å². The zero-order valence-electron chi connectivity index (χ0n) is 36.5. The van der Waals surface area contributed by atoms with E-state index in [4.69, 9.17) is 19.3 Å². The normalized spacial score (nSPS) is 12.6. The van der Waals surface area contributed by atoms with Gasteiger partial charge in [-0.25, -0.2) is 4.57 Å². The van der Waals surface area contributed by atoms with Crippen LogP contribution in [0.3, 0.4) is 0 Å². The van der Waals surface area contributed by atoms with Crippen LogP contribution >= 0.6 is 7.82 Å². The molecule has 0 aromatic carbocycles. The third-order valence-electron chi connectivity index (χ3n) is 10.4. The van der Waals surface area contributed by atoms with E-state index >= 15 is 0 Å². The molecule has 0 aliphatic heterocycles. The van der Waals surface area contributed by atoms with Crippen LogP contribution in [-0.2, 0) is 28.2 Å². The minimum Gasteiger partial charge on any atom is -0.462 e. The van der Waals surface area contributed by atoms with Crippen LogP contribution in [0.2, 0.25) is 0 Å². The molecule has 0 saturated heterocycles. The van der Waals surface area contributed by atoms with Crippen LogP contribution in [-0.4, -0.2) is 41.0 Å². The Morgan fingerprint density at radius 1 is 0.446 bits per heavy atom. The van der Waals surface area contributed by atoms with Crippen molar-refractivity contribution in [1.82, 2.24) is 0 Å². The van der Waals surface area contributed by atoms with Crippen molar-refractivity contribution < 1.29 is 37.9 Å². The van der Waals surface area contributed by atoms with E-state index in [-0.39, 0.29) is 19.4 Å². The van der Waals surface area contributed by atoms with Gasteiger partial charge >= 0.3 is 19.8 Å². The monoisotopic (exact) mass is 813 g/mol. The molecule has 2 N–H and O–H groups in total. The van der Waals surface area contributed by atoms with Crippen molar-refractivity contribution in [3.63, 3.8) is 0 Å². The van der Waals surface area contributed by atoms with Gasteiger partial charge in [0.05, 0.1) is 6.61 Å². The molecule has 0 saturated carbocycles. The van der Waals surface area contributed by atoms with E-state index < -0.39 is 32.5 Å². The number of ether oxygens (including phenoxy) is 2. The molecule has 0 radical (unpaired) electrons. The molecule has 330 valence electrons. The summed E-state index contributed by atoms with van der Waals surface area (Å²) in [5.74, 6) is -0.922. The van der Waals surface area contributed by atoms with Crippen molar-refractivity contribution >= 4 is 19.8 Å². The first-order valence-corrected chi connectivity index (χ1v) is 25.2. The second-order valence-electron chi connectivity index (χ2n) is 16.1. The zero-order valence-corrected chi connectivity index (χ0v) is 37.4. The molecule has 0 unspecified atom stereocenters. The van der Waals surface area contributed by atoms with E-state index in [2.05, 4.69) is 42.7 Å². The molecule has 0 fully saturated rings. The summed E-state index contributed by atoms with van der Waals surface area (Å²) in [7, 11) is -4.76. The standard InChI is InChI=1S/C47H89O8P/c1-3-5-7-9-11-13-15-17-19-20-21-22-23-24-25-26-28-30-32-34-36-38-40-42-47(49)55-45(44-54-56(50,51)52)43-53-46(48)41-39-37-35-33-31-29-27-18-16-14-12-10-8-6-4-2/h18,27,34,36,45H,3-17,19-26,28-33,35,37-44H2,1-2H3,(H2,50,51,52)/b27-18+,36-34+/t45-/m1/s1. The van der Waals surface area contributed by atoms with E-state index in [9.17, 15) is 14.2 Å². The highest BCUT2D eigenvalue weighted by Gasteiger charge is 2.22. The maximum absolute atomic E-state index is 12.4. The Morgan fingerprint density at radius 3 is 1.14 bits per heavy atom. The Balaban J connectivity index is 3.85. The highest BCUT2D eigenvalue weighted by molar-refractivity contribution is 7.46. The molecule has 0 aliphatic rings. The summed E-state index contributed by atoms with van der Waals surface area (Å²) >= 11 is 0. The average Bonchev–Trinajstić information content (AvgIpc) is 3.17. The lowest BCUT2D eigenvalue weighted by Gasteiger charge is -2.18. The van der Waals surface area contributed by atoms with Gasteiger partial charge in [-0.3, -0.25) is 14.1 Å². The average molecular weight is 813 g/mol. The molecular formula is C47H89O8P. The maximum Gasteiger partial charge on any atom is 0.469 e. The fourth-order valence-electron chi connectivity index (χ4n) is 6.90. The van der Waals surface area contributed by atoms with Gasteiger partial charge in [-0.2, -0.15) is 0 Å². The van der Waals surface area contributed by atoms with Crippen molar-refractivity contribution in [1.29, 1.82) is 0 Å². The van der Waals surface area contributed by atoms with Crippen molar-refractivity contribution in [2.75, 3.05) is 13.2 Å². The van der Waals surface area contributed by atoms with Gasteiger partial charge in [0.1, 0.15) is 6.61 Å². The van der Waals surface area contributed by atoms with E-state index in [1.54, 1.807) is 0 Å². The van der Waals surface area contributed by atoms with Crippen LogP contribution in [0.4, 0.5) is 0 Å². The first kappa shape index (κ1) is 54.5. The molecule has 0 heterocycles. The van der Waals surface area contributed by atoms with Crippen molar-refractivity contribution in [3.8, 4) is 0 Å². The fraction of sp³-hybridized carbons (Fsp3) is 0.872. The first-order chi connectivity index (χ1) is 27.3. The number of phosphoric acid groups is 1. The number of esters is 2. The second-order valence-corrected chi connectivity index (χ2v) is 17.3. The predicted molar refractivity (Wildman–Crippen MR) is 235 cm³/mol. The maximum atomic E-state index is 12.4. The summed E-state index contributed by atoms with van der Waals surface area (Å²) in [6.07, 6.45) is 50.6. The highest BCUT2D eigenvalue weighted by atomic mass is 31.2. The van der Waals surface area contributed by atoms with E-state index in [1.807, 2.05) is 0 Å². The number of allylic oxidation sites excluding steroid dienone is 4. The lowest BCUT2D eigenvalue weighted by Crippen LogP contribution is -2.29. The molecule has 0 amide bonds. The summed E-state index contributed by atoms with van der Waals surface area (Å²) in [5.41, 5.74) is 0. The molecule has 0 rings (SSSR count). The van der Waals surface area contributed by atoms with Crippen molar-refractivity contribution in [2.45, 2.75) is 251 Å². The summed E-state index contributed by atoms with van der Waals surface area (Å²) in [4.78, 5) is 42.9. The Labute approximate surface area is 345 Å². The van der Waals surface area contributed by atoms with Crippen LogP contribution in [0.1, 0.15) is 245 Å². The predicted octanol–water partition coefficient (Wildman–Crippen LogP) is 14.7. The Hall–Kier alpha value is -1.47. The fourth-order valence-corrected chi connectivity index (χ4v) is 7.26. The second kappa shape index (κ2) is 43.1. The molecule has 0 bridgehead atoms. The van der Waals surface area contributed by atoms with Crippen LogP contribution < -0.4 is 0 Å². The molecular weight excluding hydrogens is 723 g/mol. The topological polar surface area (TPSA) is 119 Å². The summed E-state index contributed by atoms with van der Waals surface area (Å²) in [6, 6.07) is 0. The Kier molecular flexibility index (Phi) is 42.0. The highest BCUT2D eigenvalue weighted by Crippen LogP contribution is 2.36. The third-order valence-corrected chi connectivity index (χ3v) is 10.9. The van der Waals surface area contributed by atoms with Crippen molar-refractivity contribution in [2.24, 2.45) is 0 Å². The minimum atomic E-state index is -4.76. The lowest BCUT2D eigenvalue weighted by molar-refractivity contribution is -0.161. The van der Waals surface area contributed by atoms with Gasteiger partial charge in [-0.15, -0.1) is 0 Å². The SMILES string of the molecule is CCCCCCCC/C=C/CCCCCCCC(=O)OC[C@H](COP(=O)(O)O)OC(=O)CCC/C=C/CCCCCCCCCCCCCCCCCCCC. The number of carbonyl (C=O) groups excluding carboxylic acids is 2. The summed E-state index contributed by atoms with van der Waals surface area (Å²) < 4.78 is 26.4. The Morgan fingerprint density at radius 2 is 0.768 bits per heavy atom. The van der Waals surface area contributed by atoms with Gasteiger partial charge in [-0.1, -0.05) is 199 Å². The third kappa shape index (κ3) is 45.2. The molecule has 0 spiro atoms. The van der Waals surface area contributed by atoms with E-state index in [1.165, 1.54) is 161 Å². The van der Waals surface area contributed by atoms with E-state index in [0.29, 0.717) is 12.8 Å². The Bertz CT molecular complexity index is 962. The number of unbranched alkanes of at least 4 members (excludes halogenated alkanes) is 30. The van der Waals surface area contributed by atoms with Gasteiger partial charge in [-0.05, 0) is 57.8 Å². The molecule has 0 aliphatic carbocycles. The molecule has 56 heavy (non-hydrogen) atoms. The van der Waals surface area contributed by atoms with Crippen LogP contribution in [0.5, 0.6) is 0 Å². The summed E-state index contributed by atoms with van der Waals surface area (Å²) in [5, 5.41) is 0. The summed E-state index contributed by atoms with van der Waals surface area (Å²) in [6.45, 7) is 3.68. The largest absolute Gasteiger partial charge is 0.469 e. The van der Waals surface area contributed by atoms with Gasteiger partial charge in [0.25, 0.3) is 0 Å². The minimum absolute atomic E-state index is 0.165. The van der Waals surface area contributed by atoms with Crippen LogP contribution in [0, 0.1) is 0 Å². The number of hydrogen-bond acceptors (Lipinski definition) is 6. The molecule has 0 aromatic rings. The molecule has 1 atom stereocenters. The number of phosphoric ester groups is 1. The van der Waals surface area contributed by atoms with Gasteiger partial charge < -0.3 is 19.3 Å². The quantitative estimate of drug-likeness (QED) is 0.0270. The molecule has 9 heteroatoms. The number of rotatable bonds is 44. The first-order valence-electron chi connectivity index (χ1n) is 23.6. The number of carbonyl (C=O) groups is 2. The van der Waals surface area contributed by atoms with Crippen LogP contribution in [0.15, 0.2) is 24.3 Å². The van der Waals surface area contributed by atoms with Crippen LogP contribution in [0.25, 0.3) is 0 Å². The smallest absolute Gasteiger partial charge is 0.462 e. The van der Waals surface area contributed by atoms with Gasteiger partial charge in [0, 0.05) is 12.8 Å². The lowest BCUT2D eigenvalue weighted by atomic mass is 10.0. The zero-order chi connectivity index (χ0) is 41.1. The molecule has 8 nitrogen and oxygen atoms in total. The molecule has 0 aromatic heterocycles.